The highest BCUT2D eigenvalue weighted by molar-refractivity contribution is 14.1. The van der Waals surface area contributed by atoms with Gasteiger partial charge in [-0.1, -0.05) is 54.6 Å². The molecule has 0 saturated carbocycles. The first kappa shape index (κ1) is 46.2. The van der Waals surface area contributed by atoms with Gasteiger partial charge in [0.2, 0.25) is 0 Å². The molecule has 7 aromatic rings. The summed E-state index contributed by atoms with van der Waals surface area (Å²) in [4.78, 5) is 66.3. The smallest absolute Gasteiger partial charge is 0.338 e. The van der Waals surface area contributed by atoms with Gasteiger partial charge in [-0.25, -0.2) is 44.3 Å². The average Bonchev–Trinajstić information content (AvgIpc) is 4.05. The number of nitrogens with zero attached hydrogens (tertiary/aromatic N) is 8. The van der Waals surface area contributed by atoms with Crippen molar-refractivity contribution in [2.45, 2.75) is 82.7 Å². The van der Waals surface area contributed by atoms with E-state index in [-0.39, 0.29) is 24.3 Å². The summed E-state index contributed by atoms with van der Waals surface area (Å²) in [5, 5.41) is 29.8. The number of aliphatic hydroxyl groups is 3. The molecule has 66 heavy (non-hydrogen) atoms. The van der Waals surface area contributed by atoms with E-state index in [2.05, 4.69) is 29.9 Å². The van der Waals surface area contributed by atoms with Crippen LogP contribution in [0.3, 0.4) is 0 Å². The molecule has 3 aromatic carbocycles. The summed E-state index contributed by atoms with van der Waals surface area (Å²) in [6.45, 7) is 7.79. The van der Waals surface area contributed by atoms with E-state index in [0.29, 0.717) is 43.2 Å². The Kier molecular flexibility index (Phi) is 13.2. The van der Waals surface area contributed by atoms with Crippen molar-refractivity contribution in [3.63, 3.8) is 0 Å². The van der Waals surface area contributed by atoms with Crippen molar-refractivity contribution < 1.29 is 53.4 Å². The molecular formula is C46H45IN8O11. The maximum absolute atomic E-state index is 13.6. The van der Waals surface area contributed by atoms with Gasteiger partial charge in [-0.05, 0) is 71.0 Å². The van der Waals surface area contributed by atoms with E-state index in [1.54, 1.807) is 114 Å². The first-order valence-corrected chi connectivity index (χ1v) is 21.8. The van der Waals surface area contributed by atoms with E-state index in [1.165, 1.54) is 19.6 Å². The lowest BCUT2D eigenvalue weighted by atomic mass is 9.95. The third-order valence-electron chi connectivity index (χ3n) is 11.4. The van der Waals surface area contributed by atoms with Gasteiger partial charge in [0.25, 0.3) is 0 Å². The summed E-state index contributed by atoms with van der Waals surface area (Å²) >= 11 is 2.01. The van der Waals surface area contributed by atoms with Crippen molar-refractivity contribution in [1.29, 1.82) is 0 Å². The van der Waals surface area contributed by atoms with E-state index in [9.17, 15) is 29.7 Å². The van der Waals surface area contributed by atoms with Crippen molar-refractivity contribution in [2.75, 3.05) is 13.2 Å². The number of aryl methyl sites for hydroxylation is 3. The molecule has 0 amide bonds. The Morgan fingerprint density at radius 3 is 1.76 bits per heavy atom. The predicted molar refractivity (Wildman–Crippen MR) is 242 cm³/mol. The van der Waals surface area contributed by atoms with Crippen LogP contribution < -0.4 is 0 Å². The predicted octanol–water partition coefficient (Wildman–Crippen LogP) is 4.78. The molecule has 0 radical (unpaired) electrons. The number of carbonyl (C=O) groups excluding carboxylic acids is 3. The molecule has 0 aliphatic carbocycles. The van der Waals surface area contributed by atoms with Gasteiger partial charge in [0.1, 0.15) is 47.4 Å². The molecule has 6 heterocycles. The largest absolute Gasteiger partial charge is 0.459 e. The van der Waals surface area contributed by atoms with Gasteiger partial charge in [-0.2, -0.15) is 0 Å². The molecule has 0 bridgehead atoms. The van der Waals surface area contributed by atoms with Crippen molar-refractivity contribution >= 4 is 62.8 Å². The third-order valence-corrected chi connectivity index (χ3v) is 11.8. The number of aromatic nitrogens is 8. The van der Waals surface area contributed by atoms with Crippen LogP contribution in [0.4, 0.5) is 0 Å². The van der Waals surface area contributed by atoms with Gasteiger partial charge in [0.15, 0.2) is 39.3 Å². The molecule has 2 unspecified atom stereocenters. The summed E-state index contributed by atoms with van der Waals surface area (Å²) in [5.41, 5.74) is 1.14. The van der Waals surface area contributed by atoms with Crippen LogP contribution in [0.15, 0.2) is 104 Å². The fraction of sp³-hybridized carbons (Fsp3) is 0.326. The van der Waals surface area contributed by atoms with Crippen LogP contribution in [0, 0.1) is 24.6 Å². The van der Waals surface area contributed by atoms with Crippen LogP contribution in [0.2, 0.25) is 0 Å². The van der Waals surface area contributed by atoms with Gasteiger partial charge >= 0.3 is 17.9 Å². The molecule has 2 aliphatic rings. The number of halogens is 1. The minimum atomic E-state index is -1.65. The zero-order valence-corrected chi connectivity index (χ0v) is 38.4. The molecule has 0 spiro atoms. The van der Waals surface area contributed by atoms with E-state index in [4.69, 9.17) is 23.7 Å². The van der Waals surface area contributed by atoms with Gasteiger partial charge in [-0.15, -0.1) is 0 Å². The molecule has 2 fully saturated rings. The summed E-state index contributed by atoms with van der Waals surface area (Å²) in [5.74, 6) is -1.35. The Labute approximate surface area is 390 Å². The summed E-state index contributed by atoms with van der Waals surface area (Å²) in [6, 6.07) is 25.3. The fourth-order valence-corrected chi connectivity index (χ4v) is 8.60. The van der Waals surface area contributed by atoms with Crippen LogP contribution in [-0.4, -0.2) is 121 Å². The molecule has 3 N–H and O–H groups in total. The molecule has 342 valence electrons. The monoisotopic (exact) mass is 1010 g/mol. The lowest BCUT2D eigenvalue weighted by Crippen LogP contribution is -2.50. The number of fused-ring (bicyclic) bond motifs is 2. The highest BCUT2D eigenvalue weighted by Crippen LogP contribution is 2.45. The molecule has 20 heteroatoms. The zero-order chi connectivity index (χ0) is 46.9. The molecule has 2 saturated heterocycles. The Morgan fingerprint density at radius 2 is 1.20 bits per heavy atom. The third kappa shape index (κ3) is 8.98. The Bertz CT molecular complexity index is 2880. The van der Waals surface area contributed by atoms with Crippen LogP contribution in [0.1, 0.15) is 74.6 Å². The number of imidazole rings is 2. The normalized spacial score (nSPS) is 24.7. The van der Waals surface area contributed by atoms with Crippen LogP contribution in [-0.2, 0) is 23.7 Å². The number of benzene rings is 3. The molecule has 4 aromatic heterocycles. The van der Waals surface area contributed by atoms with Crippen LogP contribution >= 0.6 is 22.6 Å². The number of ether oxygens (including phenoxy) is 5. The maximum atomic E-state index is 13.6. The van der Waals surface area contributed by atoms with Gasteiger partial charge in [0, 0.05) is 22.6 Å². The van der Waals surface area contributed by atoms with E-state index >= 15 is 0 Å². The standard InChI is InChI=1S/C33H27IN4O7.C13H18N4O4/c1-20-25-27(37-32(34)36-20)38(19-35-25)31-33(2,45-30(41)23-16-10-5-11-17-23)26(44-29(40)22-14-8-4-9-15-22)24(43-31)18-42-28(39)21-12-6-3-7-13-21;1-6-9-11(16-7(2)15-6)17(5-14-9)12-13(3,20)10(19)8(4-18)21-12/h3-17,19,24,26,31H,18H2,1-2H3;5,8,10,12,18-20H,4H2,1-3H3/t24-,26-,31-,33?;8-,10+,12-,13?/m11/s1. The highest BCUT2D eigenvalue weighted by atomic mass is 127. The summed E-state index contributed by atoms with van der Waals surface area (Å²) in [6.07, 6.45) is -3.32. The first-order valence-electron chi connectivity index (χ1n) is 20.7. The second kappa shape index (κ2) is 18.9. The van der Waals surface area contributed by atoms with Crippen molar-refractivity contribution in [1.82, 2.24) is 39.0 Å². The molecule has 2 aliphatic heterocycles. The lowest BCUT2D eigenvalue weighted by molar-refractivity contribution is -0.108. The van der Waals surface area contributed by atoms with Crippen molar-refractivity contribution in [3.8, 4) is 0 Å². The van der Waals surface area contributed by atoms with Crippen molar-refractivity contribution in [3.05, 3.63) is 141 Å². The fourth-order valence-electron chi connectivity index (χ4n) is 8.01. The highest BCUT2D eigenvalue weighted by Gasteiger charge is 2.61. The topological polar surface area (TPSA) is 245 Å². The summed E-state index contributed by atoms with van der Waals surface area (Å²) < 4.78 is 33.7. The number of aliphatic hydroxyl groups excluding tert-OH is 2. The second-order valence-corrected chi connectivity index (χ2v) is 17.1. The second-order valence-electron chi connectivity index (χ2n) is 16.1. The van der Waals surface area contributed by atoms with Crippen LogP contribution in [0.25, 0.3) is 22.3 Å². The number of rotatable bonds is 10. The Hall–Kier alpha value is -6.30. The zero-order valence-electron chi connectivity index (χ0n) is 36.3. The first-order chi connectivity index (χ1) is 31.6. The minimum absolute atomic E-state index is 0.281. The average molecular weight is 1010 g/mol. The quantitative estimate of drug-likeness (QED) is 0.0722. The number of hydrogen-bond donors (Lipinski definition) is 3. The molecular weight excluding hydrogens is 967 g/mol. The Balaban J connectivity index is 0.000000235. The van der Waals surface area contributed by atoms with Gasteiger partial charge in [0.05, 0.1) is 47.3 Å². The van der Waals surface area contributed by atoms with Gasteiger partial charge < -0.3 is 39.0 Å². The van der Waals surface area contributed by atoms with E-state index in [0.717, 1.165) is 5.69 Å². The summed E-state index contributed by atoms with van der Waals surface area (Å²) in [7, 11) is 0. The van der Waals surface area contributed by atoms with Gasteiger partial charge in [-0.3, -0.25) is 9.13 Å². The number of esters is 3. The van der Waals surface area contributed by atoms with Crippen molar-refractivity contribution in [2.24, 2.45) is 0 Å². The molecule has 9 rings (SSSR count). The molecule has 19 nitrogen and oxygen atoms in total. The van der Waals surface area contributed by atoms with Crippen LogP contribution in [0.5, 0.6) is 0 Å². The maximum Gasteiger partial charge on any atom is 0.338 e. The number of carbonyl (C=O) groups is 3. The minimum Gasteiger partial charge on any atom is -0.459 e. The lowest BCUT2D eigenvalue weighted by Gasteiger charge is -2.34. The Morgan fingerprint density at radius 1 is 0.697 bits per heavy atom. The van der Waals surface area contributed by atoms with E-state index in [1.807, 2.05) is 36.4 Å². The molecule has 8 atom stereocenters. The van der Waals surface area contributed by atoms with E-state index < -0.39 is 66.0 Å². The SMILES string of the molecule is Cc1nc(C)c2ncn([C@@H]3O[C@H](CO)[C@H](O)C3(C)O)c2n1.Cc1nc(I)nc2c1ncn2[C@@H]1O[C@H](COC(=O)c2ccccc2)[C@@H](OC(=O)c2ccccc2)C1(C)OC(=O)c1ccccc1. The number of hydrogen-bond acceptors (Lipinski definition) is 17.